The molecule has 0 spiro atoms. The Morgan fingerprint density at radius 3 is 2.88 bits per heavy atom. The fourth-order valence-corrected chi connectivity index (χ4v) is 1.03. The molecule has 0 unspecified atom stereocenters. The van der Waals surface area contributed by atoms with Gasteiger partial charge in [-0.1, -0.05) is 0 Å². The van der Waals surface area contributed by atoms with E-state index >= 15 is 0 Å². The smallest absolute Gasteiger partial charge is 0.330 e. The number of rotatable bonds is 7. The van der Waals surface area contributed by atoms with Crippen LogP contribution in [0, 0.1) is 0 Å². The Bertz CT molecular complexity index is 465. The summed E-state index contributed by atoms with van der Waals surface area (Å²) < 4.78 is 10.6. The second-order valence-corrected chi connectivity index (χ2v) is 3.11. The zero-order valence-corrected chi connectivity index (χ0v) is 8.87. The van der Waals surface area contributed by atoms with Gasteiger partial charge < -0.3 is 14.6 Å². The van der Waals surface area contributed by atoms with Crippen molar-refractivity contribution < 1.29 is 19.4 Å². The molecule has 2 N–H and O–H groups in total. The average molecular weight is 244 g/mol. The van der Waals surface area contributed by atoms with E-state index in [1.807, 2.05) is 4.98 Å². The first-order chi connectivity index (χ1) is 8.17. The number of carbonyl (C=O) groups is 1. The number of nitrogens with zero attached hydrogens (tertiary/aromatic N) is 1. The van der Waals surface area contributed by atoms with Gasteiger partial charge in [0.2, 0.25) is 0 Å². The number of hydrogen-bond acceptors (Lipinski definition) is 6. The summed E-state index contributed by atoms with van der Waals surface area (Å²) in [5.74, 6) is 0. The summed E-state index contributed by atoms with van der Waals surface area (Å²) in [7, 11) is 0. The summed E-state index contributed by atoms with van der Waals surface area (Å²) >= 11 is 0. The van der Waals surface area contributed by atoms with Crippen molar-refractivity contribution in [2.24, 2.45) is 0 Å². The molecule has 0 aromatic carbocycles. The third-order valence-corrected chi connectivity index (χ3v) is 1.90. The predicted octanol–water partition coefficient (Wildman–Crippen LogP) is -1.96. The lowest BCUT2D eigenvalue weighted by atomic mass is 10.4. The molecule has 0 aliphatic heterocycles. The molecular weight excluding hydrogens is 232 g/mol. The molecule has 1 rings (SSSR count). The SMILES string of the molecule is O=COC[C@@H](CO)OCn1ccc(=O)[nH]c1=O. The van der Waals surface area contributed by atoms with Crippen LogP contribution in [0.25, 0.3) is 0 Å². The van der Waals surface area contributed by atoms with E-state index in [9.17, 15) is 14.4 Å². The second kappa shape index (κ2) is 6.61. The second-order valence-electron chi connectivity index (χ2n) is 3.11. The number of ether oxygens (including phenoxy) is 2. The van der Waals surface area contributed by atoms with Crippen LogP contribution in [0.15, 0.2) is 21.9 Å². The Balaban J connectivity index is 2.56. The Kier molecular flexibility index (Phi) is 5.11. The maximum atomic E-state index is 11.2. The first kappa shape index (κ1) is 13.1. The summed E-state index contributed by atoms with van der Waals surface area (Å²) in [5.41, 5.74) is -1.13. The molecule has 0 aliphatic rings. The van der Waals surface area contributed by atoms with E-state index in [4.69, 9.17) is 9.84 Å². The number of hydrogen-bond donors (Lipinski definition) is 2. The third-order valence-electron chi connectivity index (χ3n) is 1.90. The summed E-state index contributed by atoms with van der Waals surface area (Å²) in [6, 6.07) is 1.17. The van der Waals surface area contributed by atoms with Crippen LogP contribution in [0.1, 0.15) is 0 Å². The fraction of sp³-hybridized carbons (Fsp3) is 0.444. The molecule has 1 aromatic heterocycles. The van der Waals surface area contributed by atoms with E-state index in [2.05, 4.69) is 4.74 Å². The molecule has 0 saturated heterocycles. The Morgan fingerprint density at radius 2 is 2.29 bits per heavy atom. The van der Waals surface area contributed by atoms with Crippen molar-refractivity contribution in [3.05, 3.63) is 33.1 Å². The van der Waals surface area contributed by atoms with Gasteiger partial charge in [0.05, 0.1) is 6.61 Å². The highest BCUT2D eigenvalue weighted by atomic mass is 16.6. The highest BCUT2D eigenvalue weighted by Gasteiger charge is 2.08. The molecule has 8 nitrogen and oxygen atoms in total. The minimum Gasteiger partial charge on any atom is -0.465 e. The first-order valence-electron chi connectivity index (χ1n) is 4.75. The van der Waals surface area contributed by atoms with Crippen LogP contribution < -0.4 is 11.2 Å². The Morgan fingerprint density at radius 1 is 1.53 bits per heavy atom. The highest BCUT2D eigenvalue weighted by Crippen LogP contribution is 1.93. The lowest BCUT2D eigenvalue weighted by Crippen LogP contribution is -2.32. The molecule has 0 saturated carbocycles. The van der Waals surface area contributed by atoms with Gasteiger partial charge >= 0.3 is 5.69 Å². The average Bonchev–Trinajstić information content (AvgIpc) is 2.31. The van der Waals surface area contributed by atoms with Crippen molar-refractivity contribution in [1.29, 1.82) is 0 Å². The summed E-state index contributed by atoms with van der Waals surface area (Å²) in [6.07, 6.45) is 0.537. The van der Waals surface area contributed by atoms with Gasteiger partial charge in [0.15, 0.2) is 0 Å². The molecule has 0 bridgehead atoms. The van der Waals surface area contributed by atoms with Gasteiger partial charge in [-0.3, -0.25) is 19.1 Å². The van der Waals surface area contributed by atoms with E-state index in [1.54, 1.807) is 0 Å². The van der Waals surface area contributed by atoms with E-state index in [0.29, 0.717) is 0 Å². The summed E-state index contributed by atoms with van der Waals surface area (Å²) in [5, 5.41) is 8.88. The first-order valence-corrected chi connectivity index (χ1v) is 4.75. The monoisotopic (exact) mass is 244 g/mol. The van der Waals surface area contributed by atoms with Crippen molar-refractivity contribution >= 4 is 6.47 Å². The number of aromatic nitrogens is 2. The van der Waals surface area contributed by atoms with Gasteiger partial charge in [-0.25, -0.2) is 4.79 Å². The van der Waals surface area contributed by atoms with Crippen molar-refractivity contribution in [3.63, 3.8) is 0 Å². The normalized spacial score (nSPS) is 12.1. The number of aromatic amines is 1. The number of aliphatic hydroxyl groups excluding tert-OH is 1. The molecule has 0 aliphatic carbocycles. The molecule has 0 fully saturated rings. The molecule has 0 radical (unpaired) electrons. The van der Waals surface area contributed by atoms with E-state index in [1.165, 1.54) is 12.3 Å². The lowest BCUT2D eigenvalue weighted by molar-refractivity contribution is -0.135. The summed E-state index contributed by atoms with van der Waals surface area (Å²) in [4.78, 5) is 34.0. The van der Waals surface area contributed by atoms with Crippen molar-refractivity contribution in [1.82, 2.24) is 9.55 Å². The number of nitrogens with one attached hydrogen (secondary N) is 1. The van der Waals surface area contributed by atoms with Crippen LogP contribution in [0.4, 0.5) is 0 Å². The van der Waals surface area contributed by atoms with Crippen LogP contribution in [0.2, 0.25) is 0 Å². The fourth-order valence-electron chi connectivity index (χ4n) is 1.03. The highest BCUT2D eigenvalue weighted by molar-refractivity contribution is 5.36. The van der Waals surface area contributed by atoms with Gasteiger partial charge in [-0.2, -0.15) is 0 Å². The predicted molar refractivity (Wildman–Crippen MR) is 55.3 cm³/mol. The number of H-pyrrole nitrogens is 1. The van der Waals surface area contributed by atoms with Crippen molar-refractivity contribution in [2.75, 3.05) is 13.2 Å². The quantitative estimate of drug-likeness (QED) is 0.539. The van der Waals surface area contributed by atoms with Gasteiger partial charge in [-0.05, 0) is 0 Å². The molecule has 8 heteroatoms. The van der Waals surface area contributed by atoms with Crippen LogP contribution in [0.3, 0.4) is 0 Å². The molecule has 17 heavy (non-hydrogen) atoms. The number of aliphatic hydroxyl groups is 1. The van der Waals surface area contributed by atoms with Crippen LogP contribution in [0.5, 0.6) is 0 Å². The molecule has 1 atom stereocenters. The van der Waals surface area contributed by atoms with Gasteiger partial charge in [-0.15, -0.1) is 0 Å². The Hall–Kier alpha value is -1.93. The third kappa shape index (κ3) is 4.21. The maximum Gasteiger partial charge on any atom is 0.330 e. The Labute approximate surface area is 95.4 Å². The zero-order chi connectivity index (χ0) is 12.7. The minimum atomic E-state index is -0.723. The van der Waals surface area contributed by atoms with Gasteiger partial charge in [0.1, 0.15) is 19.4 Å². The van der Waals surface area contributed by atoms with Crippen molar-refractivity contribution in [2.45, 2.75) is 12.8 Å². The molecule has 1 heterocycles. The summed E-state index contributed by atoms with van der Waals surface area (Å²) in [6.45, 7) is -0.398. The minimum absolute atomic E-state index is 0.113. The molecule has 0 amide bonds. The number of carbonyl (C=O) groups excluding carboxylic acids is 1. The largest absolute Gasteiger partial charge is 0.465 e. The van der Waals surface area contributed by atoms with Crippen LogP contribution in [-0.4, -0.2) is 40.4 Å². The lowest BCUT2D eigenvalue weighted by Gasteiger charge is -2.14. The van der Waals surface area contributed by atoms with Crippen LogP contribution in [-0.2, 0) is 21.0 Å². The van der Waals surface area contributed by atoms with E-state index in [-0.39, 0.29) is 26.4 Å². The standard InChI is InChI=1S/C9H12N2O6/c12-3-7(4-16-6-13)17-5-11-2-1-8(14)10-9(11)15/h1-2,6-7,12H,3-5H2,(H,10,14,15)/t7-/m1/s1. The van der Waals surface area contributed by atoms with E-state index in [0.717, 1.165) is 4.57 Å². The van der Waals surface area contributed by atoms with Crippen LogP contribution >= 0.6 is 0 Å². The maximum absolute atomic E-state index is 11.2. The van der Waals surface area contributed by atoms with E-state index < -0.39 is 17.4 Å². The molecule has 94 valence electrons. The topological polar surface area (TPSA) is 111 Å². The van der Waals surface area contributed by atoms with Gasteiger partial charge in [0, 0.05) is 12.3 Å². The van der Waals surface area contributed by atoms with Gasteiger partial charge in [0.25, 0.3) is 12.0 Å². The van der Waals surface area contributed by atoms with Crippen molar-refractivity contribution in [3.8, 4) is 0 Å². The zero-order valence-electron chi connectivity index (χ0n) is 8.87. The molecule has 1 aromatic rings. The molecular formula is C9H12N2O6.